The number of aryl methyl sites for hydroxylation is 2. The van der Waals surface area contributed by atoms with Crippen molar-refractivity contribution in [2.75, 3.05) is 34.2 Å². The van der Waals surface area contributed by atoms with Crippen LogP contribution in [0.4, 0.5) is 10.1 Å². The molecule has 0 aliphatic carbocycles. The van der Waals surface area contributed by atoms with Crippen LogP contribution < -0.4 is 24.7 Å². The van der Waals surface area contributed by atoms with Crippen LogP contribution in [0.25, 0.3) is 0 Å². The lowest BCUT2D eigenvalue weighted by molar-refractivity contribution is 0.324. The van der Waals surface area contributed by atoms with Crippen molar-refractivity contribution in [1.82, 2.24) is 0 Å². The molecule has 0 spiro atoms. The Morgan fingerprint density at radius 1 is 0.792 bits per heavy atom. The number of rotatable bonds is 7. The van der Waals surface area contributed by atoms with E-state index in [-0.39, 0.29) is 11.5 Å². The molecule has 2 aromatic carbocycles. The van der Waals surface area contributed by atoms with Crippen LogP contribution in [0.2, 0.25) is 0 Å². The summed E-state index contributed by atoms with van der Waals surface area (Å²) in [4.78, 5) is 0. The maximum absolute atomic E-state index is 13.6. The van der Waals surface area contributed by atoms with Crippen molar-refractivity contribution >= 4 is 5.69 Å². The predicted octanol–water partition coefficient (Wildman–Crippen LogP) is 3.23. The summed E-state index contributed by atoms with van der Waals surface area (Å²) >= 11 is 0. The second kappa shape index (κ2) is 7.77. The first kappa shape index (κ1) is 17.7. The third-order valence-electron chi connectivity index (χ3n) is 3.77. The van der Waals surface area contributed by atoms with Crippen LogP contribution in [0.5, 0.6) is 23.0 Å². The molecule has 0 aromatic heterocycles. The zero-order valence-electron chi connectivity index (χ0n) is 14.3. The Balaban J connectivity index is 2.30. The molecular weight excluding hydrogens is 313 g/mol. The zero-order chi connectivity index (χ0) is 17.7. The minimum absolute atomic E-state index is 0.289. The molecule has 0 fully saturated rings. The van der Waals surface area contributed by atoms with Crippen molar-refractivity contribution in [2.24, 2.45) is 0 Å². The molecule has 0 aliphatic rings. The van der Waals surface area contributed by atoms with Gasteiger partial charge in [-0.1, -0.05) is 0 Å². The average Bonchev–Trinajstić information content (AvgIpc) is 2.58. The van der Waals surface area contributed by atoms with Gasteiger partial charge in [0.25, 0.3) is 0 Å². The molecule has 5 nitrogen and oxygen atoms in total. The third kappa shape index (κ3) is 3.64. The van der Waals surface area contributed by atoms with Gasteiger partial charge in [-0.3, -0.25) is 0 Å². The fourth-order valence-corrected chi connectivity index (χ4v) is 2.67. The second-order valence-corrected chi connectivity index (χ2v) is 5.22. The molecule has 0 heterocycles. The van der Waals surface area contributed by atoms with Crippen LogP contribution in [-0.2, 0) is 12.8 Å². The van der Waals surface area contributed by atoms with Gasteiger partial charge in [-0.25, -0.2) is 4.39 Å². The molecule has 2 rings (SSSR count). The van der Waals surface area contributed by atoms with E-state index >= 15 is 0 Å². The first-order chi connectivity index (χ1) is 11.5. The molecule has 130 valence electrons. The van der Waals surface area contributed by atoms with Gasteiger partial charge in [0.15, 0.2) is 11.5 Å². The van der Waals surface area contributed by atoms with Crippen LogP contribution in [0.3, 0.4) is 0 Å². The van der Waals surface area contributed by atoms with Crippen molar-refractivity contribution in [2.45, 2.75) is 12.8 Å². The van der Waals surface area contributed by atoms with Crippen molar-refractivity contribution in [3.63, 3.8) is 0 Å². The minimum Gasteiger partial charge on any atom is -0.494 e. The van der Waals surface area contributed by atoms with Gasteiger partial charge in [0.05, 0.1) is 34.1 Å². The Morgan fingerprint density at radius 2 is 1.38 bits per heavy atom. The average molecular weight is 335 g/mol. The van der Waals surface area contributed by atoms with Crippen LogP contribution in [0, 0.1) is 5.82 Å². The summed E-state index contributed by atoms with van der Waals surface area (Å²) in [5.74, 6) is 1.82. The van der Waals surface area contributed by atoms with Crippen molar-refractivity contribution in [1.29, 1.82) is 0 Å². The number of hydrogen-bond donors (Lipinski definition) is 1. The zero-order valence-corrected chi connectivity index (χ0v) is 14.3. The van der Waals surface area contributed by atoms with Gasteiger partial charge in [0, 0.05) is 6.07 Å². The maximum Gasteiger partial charge on any atom is 0.203 e. The summed E-state index contributed by atoms with van der Waals surface area (Å²) in [7, 11) is 6.21. The predicted molar refractivity (Wildman–Crippen MR) is 90.9 cm³/mol. The van der Waals surface area contributed by atoms with E-state index in [0.29, 0.717) is 41.4 Å². The normalized spacial score (nSPS) is 10.4. The number of hydrogen-bond acceptors (Lipinski definition) is 5. The standard InChI is InChI=1S/C18H22FNO4/c1-21-15-7-11(8-16(22-2)18(15)24-4)5-6-12-9-13(19)10-14(20)17(12)23-3/h7-10H,5-6,20H2,1-4H3. The lowest BCUT2D eigenvalue weighted by atomic mass is 10.0. The number of halogens is 1. The highest BCUT2D eigenvalue weighted by Gasteiger charge is 2.15. The van der Waals surface area contributed by atoms with E-state index in [1.54, 1.807) is 21.3 Å². The van der Waals surface area contributed by atoms with Gasteiger partial charge in [-0.2, -0.15) is 0 Å². The summed E-state index contributed by atoms with van der Waals surface area (Å²) in [5, 5.41) is 0. The van der Waals surface area contributed by atoms with E-state index in [1.165, 1.54) is 19.2 Å². The second-order valence-electron chi connectivity index (χ2n) is 5.22. The SMILES string of the molecule is COc1cc(CCc2cc(F)cc(N)c2OC)cc(OC)c1OC. The molecule has 0 saturated heterocycles. The van der Waals surface area contributed by atoms with Crippen LogP contribution in [0.15, 0.2) is 24.3 Å². The summed E-state index contributed by atoms with van der Waals surface area (Å²) in [5.41, 5.74) is 7.78. The largest absolute Gasteiger partial charge is 0.494 e. The molecule has 0 aliphatic heterocycles. The Labute approximate surface area is 141 Å². The number of anilines is 1. The van der Waals surface area contributed by atoms with Crippen LogP contribution in [0.1, 0.15) is 11.1 Å². The van der Waals surface area contributed by atoms with Gasteiger partial charge in [-0.05, 0) is 42.2 Å². The summed E-state index contributed by atoms with van der Waals surface area (Å²) in [6, 6.07) is 6.43. The first-order valence-corrected chi connectivity index (χ1v) is 7.44. The molecule has 0 amide bonds. The molecule has 0 saturated carbocycles. The van der Waals surface area contributed by atoms with Gasteiger partial charge in [0.1, 0.15) is 11.6 Å². The first-order valence-electron chi connectivity index (χ1n) is 7.44. The number of methoxy groups -OCH3 is 4. The van der Waals surface area contributed by atoms with Crippen molar-refractivity contribution in [3.05, 3.63) is 41.2 Å². The topological polar surface area (TPSA) is 62.9 Å². The van der Waals surface area contributed by atoms with Gasteiger partial charge in [0.2, 0.25) is 5.75 Å². The summed E-state index contributed by atoms with van der Waals surface area (Å²) in [6.45, 7) is 0. The number of nitrogens with two attached hydrogens (primary N) is 1. The van der Waals surface area contributed by atoms with Gasteiger partial charge >= 0.3 is 0 Å². The van der Waals surface area contributed by atoms with Crippen LogP contribution in [-0.4, -0.2) is 28.4 Å². The van der Waals surface area contributed by atoms with Gasteiger partial charge < -0.3 is 24.7 Å². The molecule has 6 heteroatoms. The quantitative estimate of drug-likeness (QED) is 0.787. The molecule has 2 N–H and O–H groups in total. The molecular formula is C18H22FNO4. The highest BCUT2D eigenvalue weighted by atomic mass is 19.1. The maximum atomic E-state index is 13.6. The Morgan fingerprint density at radius 3 is 1.88 bits per heavy atom. The lowest BCUT2D eigenvalue weighted by Gasteiger charge is -2.15. The third-order valence-corrected chi connectivity index (χ3v) is 3.77. The molecule has 0 atom stereocenters. The highest BCUT2D eigenvalue weighted by molar-refractivity contribution is 5.58. The van der Waals surface area contributed by atoms with Crippen LogP contribution >= 0.6 is 0 Å². The van der Waals surface area contributed by atoms with E-state index < -0.39 is 0 Å². The summed E-state index contributed by atoms with van der Waals surface area (Å²) < 4.78 is 34.9. The van der Waals surface area contributed by atoms with E-state index in [2.05, 4.69) is 0 Å². The van der Waals surface area contributed by atoms with E-state index in [0.717, 1.165) is 5.56 Å². The van der Waals surface area contributed by atoms with E-state index in [1.807, 2.05) is 12.1 Å². The Hall–Kier alpha value is -2.63. The fourth-order valence-electron chi connectivity index (χ4n) is 2.67. The highest BCUT2D eigenvalue weighted by Crippen LogP contribution is 2.38. The fraction of sp³-hybridized carbons (Fsp3) is 0.333. The molecule has 0 radical (unpaired) electrons. The van der Waals surface area contributed by atoms with Gasteiger partial charge in [-0.15, -0.1) is 0 Å². The molecule has 0 bridgehead atoms. The molecule has 0 unspecified atom stereocenters. The minimum atomic E-state index is -0.381. The smallest absolute Gasteiger partial charge is 0.203 e. The number of benzene rings is 2. The lowest BCUT2D eigenvalue weighted by Crippen LogP contribution is -2.02. The monoisotopic (exact) mass is 335 g/mol. The van der Waals surface area contributed by atoms with E-state index in [4.69, 9.17) is 24.7 Å². The summed E-state index contributed by atoms with van der Waals surface area (Å²) in [6.07, 6.45) is 1.19. The Kier molecular flexibility index (Phi) is 5.73. The van der Waals surface area contributed by atoms with Crippen molar-refractivity contribution in [3.8, 4) is 23.0 Å². The molecule has 2 aromatic rings. The molecule has 24 heavy (non-hydrogen) atoms. The van der Waals surface area contributed by atoms with Crippen molar-refractivity contribution < 1.29 is 23.3 Å². The number of ether oxygens (including phenoxy) is 4. The van der Waals surface area contributed by atoms with E-state index in [9.17, 15) is 4.39 Å². The number of nitrogen functional groups attached to an aromatic ring is 1. The Bertz CT molecular complexity index is 693.